The van der Waals surface area contributed by atoms with E-state index in [1.54, 1.807) is 0 Å². The summed E-state index contributed by atoms with van der Waals surface area (Å²) in [5.41, 5.74) is 0. The standard InChI is InChI=1S/C70H126N7O42.7ClH/c71-99-22-8-1-15-92-57-43(85)50-36(29-78)106-64(57)113-51-37(30-79)107-66(58(44(51)86)93-16-2-9-23-100-72)115-53-39(32-81)109-68(60(46(53)88)95-18-4-11-25-102-74)117-55-41(34-83)111-70(62(48(55)90)97-20-6-13-27-104-76)119-56-42(35-84)112-69(63(49(56)91)98-21-7-14-28-105-77)118-54-40(33-82)110-67(61(47(54)89)96-19-5-12-26-103-75)116-52-38(31-80)108-65(114-50)59(45(52)87)94-17-3-10-24-101-73;;;;;;;/h1-14,36-70,78-91H,15-35H2,71-77H3;7*1H/q+7;;;;;;;/p-7/b8-1+,9-2+,10-3+,11-4+,12-5+,13-6+,14-7+;;;;;;;/t36-,37-,38-,39-,40-,41-,42-,43+,44+,45+,46+,47+,48+,49+,50-,51-,52-,53-,54-,55-,56-,57-,58-,59-,60-,61-,62-,63+,64-,65-,66-,67-,68-,69-,70-;;;;;;;/m0......./s1. The maximum atomic E-state index is 12.8. The van der Waals surface area contributed by atoms with Gasteiger partial charge in [0.05, 0.1) is 92.5 Å². The van der Waals surface area contributed by atoms with Crippen LogP contribution in [-0.4, -0.2) is 425 Å². The smallest absolute Gasteiger partial charge is 0.187 e. The predicted octanol–water partition coefficient (Wildman–Crippen LogP) is -37.9. The molecule has 0 aromatic heterocycles. The summed E-state index contributed by atoms with van der Waals surface area (Å²) < 4.78 is 135. The molecular weight excluding hydrogens is 1860 g/mol. The first-order valence-electron chi connectivity index (χ1n) is 38.6. The number of rotatable bonds is 42. The van der Waals surface area contributed by atoms with Crippen LogP contribution in [0.2, 0.25) is 0 Å². The third-order valence-electron chi connectivity index (χ3n) is 20.0. The van der Waals surface area contributed by atoms with Crippen LogP contribution in [0.5, 0.6) is 0 Å². The van der Waals surface area contributed by atoms with Gasteiger partial charge >= 0.3 is 0 Å². The van der Waals surface area contributed by atoms with Crippen LogP contribution in [0.1, 0.15) is 0 Å². The summed E-state index contributed by atoms with van der Waals surface area (Å²) in [6.45, 7) is -9.42. The second-order valence-corrected chi connectivity index (χ2v) is 27.7. The molecule has 0 aromatic carbocycles. The zero-order chi connectivity index (χ0) is 85.8. The predicted molar refractivity (Wildman–Crippen MR) is 380 cm³/mol. The average Bonchev–Trinajstić information content (AvgIpc) is 0.768. The second-order valence-electron chi connectivity index (χ2n) is 27.7. The monoisotopic (exact) mass is 1980 g/mol. The molecule has 56 heteroatoms. The van der Waals surface area contributed by atoms with Gasteiger partial charge in [-0.3, -0.25) is 0 Å². The third kappa shape index (κ3) is 34.2. The summed E-state index contributed by atoms with van der Waals surface area (Å²) in [5.74, 6) is 23.6. The van der Waals surface area contributed by atoms with Crippen molar-refractivity contribution in [3.8, 4) is 0 Å². The molecule has 15 heterocycles. The maximum Gasteiger partial charge on any atom is 0.187 e. The third-order valence-corrected chi connectivity index (χ3v) is 20.0. The van der Waals surface area contributed by atoms with E-state index in [2.05, 4.69) is 41.3 Å². The zero-order valence-electron chi connectivity index (χ0n) is 68.4. The molecule has 15 aliphatic rings. The lowest BCUT2D eigenvalue weighted by Gasteiger charge is -2.51. The van der Waals surface area contributed by atoms with E-state index in [-0.39, 0.29) is 179 Å². The summed E-state index contributed by atoms with van der Waals surface area (Å²) in [4.78, 5) is 34.5. The highest BCUT2D eigenvalue weighted by Gasteiger charge is 2.61. The fourth-order valence-electron chi connectivity index (χ4n) is 14.2. The molecule has 0 spiro atoms. The number of aliphatic hydroxyl groups excluding tert-OH is 14. The topological polar surface area (TPSA) is 735 Å². The Kier molecular flexibility index (Phi) is 64.7. The summed E-state index contributed by atoms with van der Waals surface area (Å²) >= 11 is 0. The largest absolute Gasteiger partial charge is 1.00 e. The normalized spacial score (nSPS) is 38.3. The molecule has 742 valence electrons. The zero-order valence-corrected chi connectivity index (χ0v) is 73.7. The first-order valence-corrected chi connectivity index (χ1v) is 38.6. The lowest BCUT2D eigenvalue weighted by atomic mass is 9.95. The Hall–Kier alpha value is -1.75. The Morgan fingerprint density at radius 2 is 0.278 bits per heavy atom. The van der Waals surface area contributed by atoms with Crippen LogP contribution in [0.3, 0.4) is 0 Å². The molecule has 35 atom stereocenters. The number of halogens is 7. The number of ether oxygens (including phenoxy) is 21. The van der Waals surface area contributed by atoms with Crippen LogP contribution < -0.4 is 128 Å². The molecule has 0 unspecified atom stereocenters. The van der Waals surface area contributed by atoms with Gasteiger partial charge in [0.2, 0.25) is 0 Å². The molecule has 126 heavy (non-hydrogen) atoms. The Morgan fingerprint density at radius 3 is 0.373 bits per heavy atom. The second kappa shape index (κ2) is 66.6. The molecule has 35 N–H and O–H groups in total. The summed E-state index contributed by atoms with van der Waals surface area (Å²) in [7, 11) is 0. The van der Waals surface area contributed by atoms with Crippen molar-refractivity contribution < 1.29 is 333 Å². The Morgan fingerprint density at radius 1 is 0.175 bits per heavy atom. The van der Waals surface area contributed by atoms with Crippen LogP contribution in [0.4, 0.5) is 0 Å². The van der Waals surface area contributed by atoms with Crippen LogP contribution in [0.15, 0.2) is 85.1 Å². The Balaban J connectivity index is 0.0000113. The fraction of sp³-hybridized carbons (Fsp3) is 0.800. The highest BCUT2D eigenvalue weighted by Crippen LogP contribution is 2.42. The van der Waals surface area contributed by atoms with E-state index >= 15 is 0 Å². The van der Waals surface area contributed by atoms with Gasteiger partial charge in [0.1, 0.15) is 217 Å². The molecule has 0 aliphatic carbocycles. The van der Waals surface area contributed by atoms with E-state index in [1.807, 2.05) is 0 Å². The molecule has 49 nitrogen and oxygen atoms in total. The van der Waals surface area contributed by atoms with Gasteiger partial charge < -0.3 is 258 Å². The van der Waals surface area contributed by atoms with Gasteiger partial charge in [-0.15, -0.1) is 0 Å². The highest BCUT2D eigenvalue weighted by molar-refractivity contribution is 5.05. The first-order chi connectivity index (χ1) is 57.9. The minimum absolute atomic E-state index is 0. The minimum Gasteiger partial charge on any atom is -1.00 e. The Labute approximate surface area is 767 Å². The minimum atomic E-state index is -2.00. The Bertz CT molecular complexity index is 2480. The van der Waals surface area contributed by atoms with E-state index < -0.39 is 261 Å². The van der Waals surface area contributed by atoms with Crippen molar-refractivity contribution in [1.82, 2.24) is 0 Å². The summed E-state index contributed by atoms with van der Waals surface area (Å²) in [5, 5.41) is 169. The van der Waals surface area contributed by atoms with Gasteiger partial charge in [-0.2, -0.15) is 0 Å². The quantitative estimate of drug-likeness (QED) is 0.0199. The number of hydrogen-bond donors (Lipinski definition) is 21. The average molecular weight is 1990 g/mol. The van der Waals surface area contributed by atoms with Crippen LogP contribution in [0, 0.1) is 0 Å². The van der Waals surface area contributed by atoms with Gasteiger partial charge in [0.15, 0.2) is 44.0 Å². The van der Waals surface area contributed by atoms with Gasteiger partial charge in [-0.05, 0) is 0 Å². The lowest BCUT2D eigenvalue weighted by Crippen LogP contribution is -3.00. The number of fused-ring (bicyclic) bond motifs is 7. The van der Waals surface area contributed by atoms with E-state index in [4.69, 9.17) is 133 Å². The van der Waals surface area contributed by atoms with Crippen molar-refractivity contribution in [2.24, 2.45) is 0 Å². The van der Waals surface area contributed by atoms with E-state index in [9.17, 15) is 71.5 Å². The first kappa shape index (κ1) is 122. The molecule has 0 aromatic rings. The van der Waals surface area contributed by atoms with Gasteiger partial charge in [0.25, 0.3) is 0 Å². The maximum absolute atomic E-state index is 12.8. The molecule has 0 saturated carbocycles. The van der Waals surface area contributed by atoms with E-state index in [0.717, 1.165) is 0 Å². The van der Waals surface area contributed by atoms with Crippen LogP contribution in [0.25, 0.3) is 0 Å². The highest BCUT2D eigenvalue weighted by atomic mass is 35.5. The molecule has 15 aliphatic heterocycles. The SMILES string of the molecule is [Cl-].[Cl-].[Cl-].[Cl-].[Cl-].[Cl-].[Cl-].[NH3+]OC/C=C/CO[C@@H]1[C@@H]2O[C@@H]3[C@@H](O)[C@@H](OC/C=C/CO[NH3+])[C@H](O[C@@H]4[C@@H](O)[C@H](OC/C=C/CO[NH3+])[C@H](O[C@@H]5[C@@H](O)[C@H](OC/C=C/CO[NH3+])[C@H](O[C@@H]6[C@@H](O)[C@H](OC/C=C/CO[NH3+])[C@H](O[C@@H]7[C@@H](O)[C@H](OC/C=C/CO[NH3+])[C@H](O[C@@H]8[C@@H](O)[C@H](OC/C=C/CO[NH3+])[C@H](O[C@H]([C@H]1O)[C@H](CO)O2)O[C@H]8CO)O[C@H]7CO)O[C@H]6CO)O[C@H]5CO)O[C@H]4CO)O[C@H]3CO. The number of aliphatic hydroxyl groups is 14. The van der Waals surface area contributed by atoms with Crippen molar-refractivity contribution in [2.45, 2.75) is 215 Å². The molecular formula is C70H126Cl7N7O42. The van der Waals surface area contributed by atoms with Gasteiger partial charge in [0, 0.05) is 0 Å². The van der Waals surface area contributed by atoms with Gasteiger partial charge in [-0.1, -0.05) is 85.1 Å². The molecule has 0 amide bonds. The van der Waals surface area contributed by atoms with Crippen LogP contribution >= 0.6 is 0 Å². The molecule has 14 bridgehead atoms. The van der Waals surface area contributed by atoms with Crippen molar-refractivity contribution in [1.29, 1.82) is 0 Å². The van der Waals surface area contributed by atoms with E-state index in [0.29, 0.717) is 0 Å². The van der Waals surface area contributed by atoms with Crippen molar-refractivity contribution >= 4 is 0 Å². The summed E-state index contributed by atoms with van der Waals surface area (Å²) in [6.07, 6.45) is -42.7. The molecule has 0 radical (unpaired) electrons. The molecule has 15 fully saturated rings. The molecule has 15 rings (SSSR count). The fourth-order valence-corrected chi connectivity index (χ4v) is 14.2. The number of quaternary nitrogens is 7. The van der Waals surface area contributed by atoms with E-state index in [1.165, 1.54) is 85.1 Å². The van der Waals surface area contributed by atoms with Crippen LogP contribution in [-0.2, 0) is 133 Å². The summed E-state index contributed by atoms with van der Waals surface area (Å²) in [6, 6.07) is 0. The number of hydrogen-bond acceptors (Lipinski definition) is 42. The molecule has 15 saturated heterocycles. The lowest BCUT2D eigenvalue weighted by molar-refractivity contribution is -0.686. The van der Waals surface area contributed by atoms with Crippen molar-refractivity contribution in [2.75, 3.05) is 139 Å². The van der Waals surface area contributed by atoms with Crippen molar-refractivity contribution in [3.63, 3.8) is 0 Å². The van der Waals surface area contributed by atoms with Crippen molar-refractivity contribution in [3.05, 3.63) is 85.1 Å². The van der Waals surface area contributed by atoms with Gasteiger partial charge in [-0.25, -0.2) is 75.1 Å².